The molecule has 0 spiro atoms. The molecule has 0 aromatic heterocycles. The lowest BCUT2D eigenvalue weighted by molar-refractivity contribution is -0.120. The van der Waals surface area contributed by atoms with Crippen LogP contribution in [-0.4, -0.2) is 18.4 Å². The van der Waals surface area contributed by atoms with Gasteiger partial charge >= 0.3 is 0 Å². The highest BCUT2D eigenvalue weighted by Crippen LogP contribution is 2.34. The van der Waals surface area contributed by atoms with Gasteiger partial charge in [-0.1, -0.05) is 54.4 Å². The summed E-state index contributed by atoms with van der Waals surface area (Å²) in [6.07, 6.45) is 0.891. The minimum Gasteiger partial charge on any atom is -0.494 e. The highest BCUT2D eigenvalue weighted by molar-refractivity contribution is 6.46. The first-order chi connectivity index (χ1) is 15.5. The summed E-state index contributed by atoms with van der Waals surface area (Å²) in [7, 11) is 0. The lowest BCUT2D eigenvalue weighted by Crippen LogP contribution is -2.32. The third-order valence-corrected chi connectivity index (χ3v) is 5.34. The molecule has 2 amide bonds. The number of halogens is 1. The van der Waals surface area contributed by atoms with E-state index in [1.54, 1.807) is 36.4 Å². The van der Waals surface area contributed by atoms with Gasteiger partial charge < -0.3 is 10.1 Å². The van der Waals surface area contributed by atoms with Crippen molar-refractivity contribution >= 4 is 40.4 Å². The number of carbonyl (C=O) groups is 2. The van der Waals surface area contributed by atoms with Crippen LogP contribution in [0.15, 0.2) is 78.5 Å². The molecule has 6 heteroatoms. The maximum atomic E-state index is 13.4. The number of ether oxygens (including phenoxy) is 1. The first kappa shape index (κ1) is 21.7. The molecule has 1 heterocycles. The average Bonchev–Trinajstić information content (AvgIpc) is 3.03. The fraction of sp³-hybridized carbons (Fsp3) is 0.154. The maximum absolute atomic E-state index is 13.4. The van der Waals surface area contributed by atoms with Crippen molar-refractivity contribution in [2.45, 2.75) is 20.3 Å². The molecule has 162 valence electrons. The van der Waals surface area contributed by atoms with E-state index in [0.29, 0.717) is 39.9 Å². The van der Waals surface area contributed by atoms with E-state index in [2.05, 4.69) is 5.32 Å². The summed E-state index contributed by atoms with van der Waals surface area (Å²) in [5.41, 5.74) is 3.35. The van der Waals surface area contributed by atoms with Crippen LogP contribution in [0.25, 0.3) is 5.57 Å². The molecule has 0 radical (unpaired) electrons. The van der Waals surface area contributed by atoms with E-state index >= 15 is 0 Å². The number of anilines is 2. The first-order valence-electron chi connectivity index (χ1n) is 10.4. The summed E-state index contributed by atoms with van der Waals surface area (Å²) >= 11 is 6.04. The Morgan fingerprint density at radius 1 is 0.938 bits per heavy atom. The molecule has 3 aromatic rings. The van der Waals surface area contributed by atoms with E-state index in [1.807, 2.05) is 50.2 Å². The normalized spacial score (nSPS) is 13.7. The number of hydrogen-bond acceptors (Lipinski definition) is 4. The predicted molar refractivity (Wildman–Crippen MR) is 128 cm³/mol. The second kappa shape index (κ2) is 9.28. The van der Waals surface area contributed by atoms with Crippen LogP contribution in [-0.2, 0) is 9.59 Å². The summed E-state index contributed by atoms with van der Waals surface area (Å²) in [6.45, 7) is 4.59. The van der Waals surface area contributed by atoms with Gasteiger partial charge in [0.2, 0.25) is 0 Å². The Bertz CT molecular complexity index is 1180. The SMILES string of the molecule is CCCOc1cccc(NC2=C(c3ccc(Cl)cc3)C(=O)N(c3ccc(C)cc3)C2=O)c1. The predicted octanol–water partition coefficient (Wildman–Crippen LogP) is 5.83. The molecule has 0 bridgehead atoms. The molecule has 5 nitrogen and oxygen atoms in total. The Morgan fingerprint density at radius 2 is 1.66 bits per heavy atom. The van der Waals surface area contributed by atoms with Crippen molar-refractivity contribution in [3.63, 3.8) is 0 Å². The minimum absolute atomic E-state index is 0.213. The van der Waals surface area contributed by atoms with Gasteiger partial charge in [0, 0.05) is 16.8 Å². The minimum atomic E-state index is -0.413. The number of benzene rings is 3. The van der Waals surface area contributed by atoms with Gasteiger partial charge in [0.15, 0.2) is 0 Å². The van der Waals surface area contributed by atoms with Crippen LogP contribution in [0.4, 0.5) is 11.4 Å². The van der Waals surface area contributed by atoms with Gasteiger partial charge in [0.05, 0.1) is 17.9 Å². The fourth-order valence-electron chi connectivity index (χ4n) is 3.49. The van der Waals surface area contributed by atoms with E-state index < -0.39 is 5.91 Å². The zero-order chi connectivity index (χ0) is 22.7. The number of amides is 2. The molecule has 32 heavy (non-hydrogen) atoms. The number of nitrogens with zero attached hydrogens (tertiary/aromatic N) is 1. The van der Waals surface area contributed by atoms with Crippen molar-refractivity contribution < 1.29 is 14.3 Å². The molecule has 4 rings (SSSR count). The Morgan fingerprint density at radius 3 is 2.34 bits per heavy atom. The van der Waals surface area contributed by atoms with Crippen LogP contribution in [0.5, 0.6) is 5.75 Å². The molecule has 0 atom stereocenters. The molecular formula is C26H23ClN2O3. The molecule has 1 aliphatic rings. The third-order valence-electron chi connectivity index (χ3n) is 5.09. The second-order valence-electron chi connectivity index (χ2n) is 7.54. The largest absolute Gasteiger partial charge is 0.494 e. The van der Waals surface area contributed by atoms with Crippen molar-refractivity contribution in [3.8, 4) is 5.75 Å². The average molecular weight is 447 g/mol. The summed E-state index contributed by atoms with van der Waals surface area (Å²) in [5.74, 6) is -0.108. The molecule has 1 aliphatic heterocycles. The van der Waals surface area contributed by atoms with Crippen LogP contribution in [0.1, 0.15) is 24.5 Å². The Labute approximate surface area is 192 Å². The van der Waals surface area contributed by atoms with Crippen LogP contribution >= 0.6 is 11.6 Å². The molecule has 0 unspecified atom stereocenters. The fourth-order valence-corrected chi connectivity index (χ4v) is 3.61. The molecule has 0 fully saturated rings. The van der Waals surface area contributed by atoms with E-state index in [0.717, 1.165) is 12.0 Å². The number of nitrogens with one attached hydrogen (secondary N) is 1. The number of carbonyl (C=O) groups excluding carboxylic acids is 2. The Kier molecular flexibility index (Phi) is 6.28. The van der Waals surface area contributed by atoms with Gasteiger partial charge in [-0.25, -0.2) is 4.90 Å². The first-order valence-corrected chi connectivity index (χ1v) is 10.8. The summed E-state index contributed by atoms with van der Waals surface area (Å²) in [5, 5.41) is 3.72. The Balaban J connectivity index is 1.75. The quantitative estimate of drug-likeness (QED) is 0.463. The van der Waals surface area contributed by atoms with Gasteiger partial charge in [-0.3, -0.25) is 9.59 Å². The lowest BCUT2D eigenvalue weighted by atomic mass is 10.0. The molecule has 0 saturated carbocycles. The molecule has 3 aromatic carbocycles. The van der Waals surface area contributed by atoms with Crippen LogP contribution in [0.2, 0.25) is 5.02 Å². The van der Waals surface area contributed by atoms with Crippen LogP contribution in [0, 0.1) is 6.92 Å². The molecule has 0 aliphatic carbocycles. The summed E-state index contributed by atoms with van der Waals surface area (Å²) in [4.78, 5) is 28.1. The summed E-state index contributed by atoms with van der Waals surface area (Å²) in [6, 6.07) is 21.5. The van der Waals surface area contributed by atoms with Crippen molar-refractivity contribution in [3.05, 3.63) is 94.6 Å². The third kappa shape index (κ3) is 4.39. The smallest absolute Gasteiger partial charge is 0.282 e. The molecular weight excluding hydrogens is 424 g/mol. The monoisotopic (exact) mass is 446 g/mol. The van der Waals surface area contributed by atoms with Gasteiger partial charge in [-0.05, 0) is 55.3 Å². The van der Waals surface area contributed by atoms with Crippen LogP contribution < -0.4 is 15.0 Å². The number of imide groups is 1. The van der Waals surface area contributed by atoms with Crippen molar-refractivity contribution in [2.75, 3.05) is 16.8 Å². The van der Waals surface area contributed by atoms with Gasteiger partial charge in [0.1, 0.15) is 11.4 Å². The van der Waals surface area contributed by atoms with E-state index in [9.17, 15) is 9.59 Å². The van der Waals surface area contributed by atoms with Gasteiger partial charge in [0.25, 0.3) is 11.8 Å². The molecule has 1 N–H and O–H groups in total. The van der Waals surface area contributed by atoms with Crippen molar-refractivity contribution in [2.24, 2.45) is 0 Å². The lowest BCUT2D eigenvalue weighted by Gasteiger charge is -2.16. The van der Waals surface area contributed by atoms with E-state index in [4.69, 9.17) is 16.3 Å². The zero-order valence-corrected chi connectivity index (χ0v) is 18.6. The Hall–Kier alpha value is -3.57. The highest BCUT2D eigenvalue weighted by atomic mass is 35.5. The standard InChI is InChI=1S/C26H23ClN2O3/c1-3-15-32-22-6-4-5-20(16-22)28-24-23(18-9-11-19(27)12-10-18)25(30)29(26(24)31)21-13-7-17(2)8-14-21/h4-14,16,28H,3,15H2,1-2H3. The highest BCUT2D eigenvalue weighted by Gasteiger charge is 2.40. The van der Waals surface area contributed by atoms with Crippen molar-refractivity contribution in [1.29, 1.82) is 0 Å². The van der Waals surface area contributed by atoms with E-state index in [-0.39, 0.29) is 11.6 Å². The summed E-state index contributed by atoms with van der Waals surface area (Å²) < 4.78 is 5.70. The topological polar surface area (TPSA) is 58.6 Å². The maximum Gasteiger partial charge on any atom is 0.282 e. The zero-order valence-electron chi connectivity index (χ0n) is 17.9. The van der Waals surface area contributed by atoms with Crippen molar-refractivity contribution in [1.82, 2.24) is 0 Å². The van der Waals surface area contributed by atoms with Crippen LogP contribution in [0.3, 0.4) is 0 Å². The van der Waals surface area contributed by atoms with Gasteiger partial charge in [-0.15, -0.1) is 0 Å². The van der Waals surface area contributed by atoms with Gasteiger partial charge in [-0.2, -0.15) is 0 Å². The molecule has 0 saturated heterocycles. The number of aryl methyl sites for hydroxylation is 1. The van der Waals surface area contributed by atoms with E-state index in [1.165, 1.54) is 4.90 Å². The number of hydrogen-bond donors (Lipinski definition) is 1. The number of rotatable bonds is 7. The second-order valence-corrected chi connectivity index (χ2v) is 7.98.